The zero-order valence-corrected chi connectivity index (χ0v) is 20.6. The molecule has 2 unspecified atom stereocenters. The molecular weight excluding hydrogens is 449 g/mol. The van der Waals surface area contributed by atoms with Crippen molar-refractivity contribution >= 4 is 23.3 Å². The van der Waals surface area contributed by atoms with Gasteiger partial charge in [0.1, 0.15) is 5.82 Å². The Hall–Kier alpha value is -3.00. The molecule has 4 aliphatic rings. The lowest BCUT2D eigenvalue weighted by molar-refractivity contribution is -0.139. The van der Waals surface area contributed by atoms with Crippen molar-refractivity contribution in [1.82, 2.24) is 4.57 Å². The lowest BCUT2D eigenvalue weighted by Crippen LogP contribution is -2.63. The van der Waals surface area contributed by atoms with Crippen molar-refractivity contribution in [1.29, 1.82) is 0 Å². The van der Waals surface area contributed by atoms with Crippen molar-refractivity contribution in [3.63, 3.8) is 0 Å². The second-order valence-electron chi connectivity index (χ2n) is 11.0. The Morgan fingerprint density at radius 3 is 2.26 bits per heavy atom. The zero-order valence-electron chi connectivity index (χ0n) is 20.6. The van der Waals surface area contributed by atoms with Crippen LogP contribution in [0.4, 0.5) is 10.1 Å². The Morgan fingerprint density at radius 1 is 1.11 bits per heavy atom. The van der Waals surface area contributed by atoms with Gasteiger partial charge in [-0.15, -0.1) is 0 Å². The smallest absolute Gasteiger partial charge is 0.301 e. The summed E-state index contributed by atoms with van der Waals surface area (Å²) in [6.45, 7) is 4.94. The minimum absolute atomic E-state index is 0.0609. The highest BCUT2D eigenvalue weighted by molar-refractivity contribution is 6.47. The third kappa shape index (κ3) is 3.61. The van der Waals surface area contributed by atoms with Gasteiger partial charge in [0, 0.05) is 24.5 Å². The Kier molecular flexibility index (Phi) is 5.43. The first kappa shape index (κ1) is 23.7. The number of anilines is 1. The summed E-state index contributed by atoms with van der Waals surface area (Å²) in [5.41, 5.74) is 6.98. The van der Waals surface area contributed by atoms with Gasteiger partial charge < -0.3 is 20.3 Å². The van der Waals surface area contributed by atoms with E-state index in [1.165, 1.54) is 6.07 Å². The highest BCUT2D eigenvalue weighted by atomic mass is 19.1. The summed E-state index contributed by atoms with van der Waals surface area (Å²) >= 11 is 0. The summed E-state index contributed by atoms with van der Waals surface area (Å²) < 4.78 is 15.7. The summed E-state index contributed by atoms with van der Waals surface area (Å²) in [5, 5.41) is 11.1. The minimum Gasteiger partial charge on any atom is -0.390 e. The molecular formula is C27H32FN3O4. The van der Waals surface area contributed by atoms with Crippen LogP contribution >= 0.6 is 0 Å². The number of nitrogens with zero attached hydrogens (tertiary/aromatic N) is 2. The first-order valence-corrected chi connectivity index (χ1v) is 12.2. The van der Waals surface area contributed by atoms with Crippen molar-refractivity contribution in [2.24, 2.45) is 30.5 Å². The van der Waals surface area contributed by atoms with E-state index in [4.69, 9.17) is 5.73 Å². The number of hydrogen-bond donors (Lipinski definition) is 2. The summed E-state index contributed by atoms with van der Waals surface area (Å²) in [7, 11) is 1.64. The average molecular weight is 482 g/mol. The fraction of sp³-hybridized carbons (Fsp3) is 0.519. The second kappa shape index (κ2) is 8.01. The quantitative estimate of drug-likeness (QED) is 0.505. The van der Waals surface area contributed by atoms with Gasteiger partial charge in [0.05, 0.1) is 16.9 Å². The van der Waals surface area contributed by atoms with Crippen LogP contribution in [-0.4, -0.2) is 38.9 Å². The number of nitrogens with two attached hydrogens (primary N) is 1. The Balaban J connectivity index is 1.60. The molecule has 0 radical (unpaired) electrons. The summed E-state index contributed by atoms with van der Waals surface area (Å²) in [6, 6.07) is 4.22. The fourth-order valence-electron chi connectivity index (χ4n) is 7.45. The van der Waals surface area contributed by atoms with E-state index in [9.17, 15) is 23.9 Å². The molecule has 0 aliphatic heterocycles. The van der Waals surface area contributed by atoms with Crippen molar-refractivity contribution in [3.8, 4) is 0 Å². The maximum absolute atomic E-state index is 14.1. The number of ketones is 1. The number of carbonyl (C=O) groups is 3. The topological polar surface area (TPSA) is 106 Å². The summed E-state index contributed by atoms with van der Waals surface area (Å²) in [6.07, 6.45) is 3.78. The molecule has 7 nitrogen and oxygen atoms in total. The number of rotatable bonds is 5. The molecule has 4 fully saturated rings. The van der Waals surface area contributed by atoms with Gasteiger partial charge in [-0.05, 0) is 100.0 Å². The van der Waals surface area contributed by atoms with Gasteiger partial charge in [-0.2, -0.15) is 0 Å². The van der Waals surface area contributed by atoms with Crippen LogP contribution in [0, 0.1) is 44.3 Å². The lowest BCUT2D eigenvalue weighted by atomic mass is 9.52. The molecule has 2 amide bonds. The average Bonchev–Trinajstić information content (AvgIpc) is 2.99. The maximum Gasteiger partial charge on any atom is 0.301 e. The highest BCUT2D eigenvalue weighted by Crippen LogP contribution is 2.57. The number of aliphatic hydroxyl groups is 1. The van der Waals surface area contributed by atoms with Crippen LogP contribution in [0.25, 0.3) is 0 Å². The maximum atomic E-state index is 14.1. The molecule has 0 spiro atoms. The van der Waals surface area contributed by atoms with Crippen molar-refractivity contribution in [2.45, 2.75) is 64.5 Å². The number of Topliss-reactive ketones (excluding diaryl/α,β-unsaturated/α-hetero) is 1. The van der Waals surface area contributed by atoms with E-state index >= 15 is 0 Å². The lowest BCUT2D eigenvalue weighted by Gasteiger charge is -2.60. The molecule has 1 aromatic carbocycles. The van der Waals surface area contributed by atoms with E-state index in [0.29, 0.717) is 41.3 Å². The number of carbonyl (C=O) groups excluding carboxylic acids is 3. The van der Waals surface area contributed by atoms with E-state index in [0.717, 1.165) is 19.3 Å². The second-order valence-corrected chi connectivity index (χ2v) is 11.0. The van der Waals surface area contributed by atoms with Crippen LogP contribution in [0.3, 0.4) is 0 Å². The van der Waals surface area contributed by atoms with Crippen molar-refractivity contribution < 1.29 is 23.9 Å². The van der Waals surface area contributed by atoms with Gasteiger partial charge in [-0.25, -0.2) is 4.39 Å². The van der Waals surface area contributed by atoms with Gasteiger partial charge >= 0.3 is 5.91 Å². The molecule has 8 heteroatoms. The van der Waals surface area contributed by atoms with Crippen molar-refractivity contribution in [2.75, 3.05) is 4.90 Å². The molecule has 35 heavy (non-hydrogen) atoms. The van der Waals surface area contributed by atoms with Gasteiger partial charge in [-0.1, -0.05) is 0 Å². The number of halogens is 1. The Bertz CT molecular complexity index is 1250. The number of aromatic nitrogens is 1. The number of hydrogen-bond acceptors (Lipinski definition) is 4. The molecule has 4 saturated carbocycles. The van der Waals surface area contributed by atoms with Gasteiger partial charge in [0.15, 0.2) is 0 Å². The van der Waals surface area contributed by atoms with Crippen LogP contribution in [0.15, 0.2) is 18.2 Å². The predicted molar refractivity (Wildman–Crippen MR) is 129 cm³/mol. The largest absolute Gasteiger partial charge is 0.390 e. The van der Waals surface area contributed by atoms with Gasteiger partial charge in [0.2, 0.25) is 0 Å². The monoisotopic (exact) mass is 481 g/mol. The van der Waals surface area contributed by atoms with E-state index < -0.39 is 23.2 Å². The molecule has 6 rings (SSSR count). The molecule has 186 valence electrons. The van der Waals surface area contributed by atoms with E-state index in [1.54, 1.807) is 49.4 Å². The summed E-state index contributed by atoms with van der Waals surface area (Å²) in [4.78, 5) is 41.3. The van der Waals surface area contributed by atoms with Gasteiger partial charge in [0.25, 0.3) is 11.7 Å². The van der Waals surface area contributed by atoms with Crippen LogP contribution in [0.5, 0.6) is 0 Å². The zero-order chi connectivity index (χ0) is 25.4. The van der Waals surface area contributed by atoms with Crippen LogP contribution in [0.1, 0.15) is 69.8 Å². The van der Waals surface area contributed by atoms with Crippen molar-refractivity contribution in [3.05, 3.63) is 52.1 Å². The molecule has 3 N–H and O–H groups in total. The third-order valence-electron chi connectivity index (χ3n) is 8.71. The number of primary amides is 1. The standard InChI is InChI=1S/C27H32FN3O4/c1-13-7-19(5-6-20(13)28)31(23-17-8-16-9-18(23)12-27(35,10-16)11-17)26(34)24(32)22-14(2)21(25(29)33)15(3)30(22)4/h5-7,16-18,23,35H,8-12H2,1-4H3,(H2,29,33). The van der Waals surface area contributed by atoms with Crippen LogP contribution < -0.4 is 10.6 Å². The normalized spacial score (nSPS) is 28.9. The number of amides is 2. The molecule has 2 aromatic rings. The SMILES string of the molecule is Cc1cc(N(C(=O)C(=O)c2c(C)c(C(N)=O)c(C)n2C)C2C3CC4CC2CC(O)(C4)C3)ccc1F. The highest BCUT2D eigenvalue weighted by Gasteiger charge is 2.57. The summed E-state index contributed by atoms with van der Waals surface area (Å²) in [5.74, 6) is -1.92. The van der Waals surface area contributed by atoms with E-state index in [-0.39, 0.29) is 35.0 Å². The molecule has 0 saturated heterocycles. The van der Waals surface area contributed by atoms with Crippen LogP contribution in [-0.2, 0) is 11.8 Å². The Labute approximate surface area is 204 Å². The molecule has 4 aliphatic carbocycles. The van der Waals surface area contributed by atoms with Gasteiger partial charge in [-0.3, -0.25) is 14.4 Å². The minimum atomic E-state index is -0.727. The van der Waals surface area contributed by atoms with Crippen LogP contribution in [0.2, 0.25) is 0 Å². The molecule has 1 heterocycles. The molecule has 4 bridgehead atoms. The van der Waals surface area contributed by atoms with E-state index in [2.05, 4.69) is 0 Å². The molecule has 1 aromatic heterocycles. The number of aryl methyl sites for hydroxylation is 1. The number of benzene rings is 1. The first-order valence-electron chi connectivity index (χ1n) is 12.2. The third-order valence-corrected chi connectivity index (χ3v) is 8.71. The van der Waals surface area contributed by atoms with E-state index in [1.807, 2.05) is 0 Å². The first-order chi connectivity index (χ1) is 16.4. The Morgan fingerprint density at radius 2 is 1.74 bits per heavy atom. The predicted octanol–water partition coefficient (Wildman–Crippen LogP) is 3.34. The molecule has 2 atom stereocenters. The fourth-order valence-corrected chi connectivity index (χ4v) is 7.45.